The zero-order valence-corrected chi connectivity index (χ0v) is 10.9. The Labute approximate surface area is 117 Å². The molecule has 2 rings (SSSR count). The highest BCUT2D eigenvalue weighted by Gasteiger charge is 1.98. The fourth-order valence-electron chi connectivity index (χ4n) is 1.48. The van der Waals surface area contributed by atoms with Crippen LogP contribution in [0.25, 0.3) is 0 Å². The van der Waals surface area contributed by atoms with E-state index in [-0.39, 0.29) is 6.61 Å². The molecule has 20 heavy (non-hydrogen) atoms. The summed E-state index contributed by atoms with van der Waals surface area (Å²) in [4.78, 5) is 10.9. The SMILES string of the molecule is C=CC(=O)OCc1ccc(/N=N/c2ccccc2)cc1. The molecule has 0 amide bonds. The van der Waals surface area contributed by atoms with E-state index >= 15 is 0 Å². The van der Waals surface area contributed by atoms with Crippen LogP contribution < -0.4 is 0 Å². The predicted octanol–water partition coefficient (Wildman–Crippen LogP) is 4.33. The number of ether oxygens (including phenoxy) is 1. The summed E-state index contributed by atoms with van der Waals surface area (Å²) in [6, 6.07) is 16.8. The van der Waals surface area contributed by atoms with E-state index in [0.717, 1.165) is 23.0 Å². The topological polar surface area (TPSA) is 51.0 Å². The number of azo groups is 1. The maximum absolute atomic E-state index is 10.9. The summed E-state index contributed by atoms with van der Waals surface area (Å²) in [6.07, 6.45) is 1.14. The van der Waals surface area contributed by atoms with Gasteiger partial charge in [-0.1, -0.05) is 36.9 Å². The first-order chi connectivity index (χ1) is 9.78. The number of carbonyl (C=O) groups excluding carboxylic acids is 1. The summed E-state index contributed by atoms with van der Waals surface area (Å²) in [7, 11) is 0. The average molecular weight is 266 g/mol. The Morgan fingerprint density at radius 1 is 1.00 bits per heavy atom. The molecule has 0 atom stereocenters. The molecule has 0 bridgehead atoms. The maximum Gasteiger partial charge on any atom is 0.330 e. The van der Waals surface area contributed by atoms with Gasteiger partial charge in [-0.3, -0.25) is 0 Å². The molecular weight excluding hydrogens is 252 g/mol. The molecule has 0 aromatic heterocycles. The molecule has 0 N–H and O–H groups in total. The summed E-state index contributed by atoms with van der Waals surface area (Å²) in [6.45, 7) is 3.56. The molecule has 0 saturated heterocycles. The Morgan fingerprint density at radius 2 is 1.60 bits per heavy atom. The number of hydrogen-bond donors (Lipinski definition) is 0. The van der Waals surface area contributed by atoms with E-state index < -0.39 is 5.97 Å². The molecule has 0 saturated carbocycles. The highest BCUT2D eigenvalue weighted by atomic mass is 16.5. The Balaban J connectivity index is 1.96. The molecule has 4 nitrogen and oxygen atoms in total. The molecule has 0 radical (unpaired) electrons. The second-order valence-corrected chi connectivity index (χ2v) is 4.01. The van der Waals surface area contributed by atoms with Gasteiger partial charge in [0.25, 0.3) is 0 Å². The van der Waals surface area contributed by atoms with Gasteiger partial charge in [0.15, 0.2) is 0 Å². The van der Waals surface area contributed by atoms with Crippen molar-refractivity contribution in [1.29, 1.82) is 0 Å². The minimum Gasteiger partial charge on any atom is -0.458 e. The van der Waals surface area contributed by atoms with E-state index in [2.05, 4.69) is 16.8 Å². The molecule has 0 heterocycles. The van der Waals surface area contributed by atoms with Crippen LogP contribution in [-0.4, -0.2) is 5.97 Å². The van der Waals surface area contributed by atoms with Crippen LogP contribution in [0.1, 0.15) is 5.56 Å². The average Bonchev–Trinajstić information content (AvgIpc) is 2.52. The second-order valence-electron chi connectivity index (χ2n) is 4.01. The van der Waals surface area contributed by atoms with Crippen LogP contribution in [0.3, 0.4) is 0 Å². The lowest BCUT2D eigenvalue weighted by Gasteiger charge is -2.02. The number of rotatable bonds is 5. The van der Waals surface area contributed by atoms with Gasteiger partial charge in [0, 0.05) is 6.08 Å². The van der Waals surface area contributed by atoms with Crippen molar-refractivity contribution in [3.8, 4) is 0 Å². The molecule has 2 aromatic rings. The van der Waals surface area contributed by atoms with E-state index in [4.69, 9.17) is 4.74 Å². The van der Waals surface area contributed by atoms with Gasteiger partial charge >= 0.3 is 5.97 Å². The molecule has 0 aliphatic rings. The Hall–Kier alpha value is -2.75. The first-order valence-electron chi connectivity index (χ1n) is 6.13. The molecule has 0 aliphatic carbocycles. The van der Waals surface area contributed by atoms with Gasteiger partial charge < -0.3 is 4.74 Å². The predicted molar refractivity (Wildman–Crippen MR) is 77.1 cm³/mol. The highest BCUT2D eigenvalue weighted by molar-refractivity contribution is 5.81. The lowest BCUT2D eigenvalue weighted by atomic mass is 10.2. The third-order valence-corrected chi connectivity index (χ3v) is 2.52. The van der Waals surface area contributed by atoms with Gasteiger partial charge in [0.1, 0.15) is 6.61 Å². The third-order valence-electron chi connectivity index (χ3n) is 2.52. The lowest BCUT2D eigenvalue weighted by Crippen LogP contribution is -1.99. The van der Waals surface area contributed by atoms with Crippen molar-refractivity contribution in [2.75, 3.05) is 0 Å². The Kier molecular flexibility index (Phi) is 4.78. The van der Waals surface area contributed by atoms with Gasteiger partial charge in [-0.15, -0.1) is 0 Å². The number of benzene rings is 2. The number of hydrogen-bond acceptors (Lipinski definition) is 4. The first-order valence-corrected chi connectivity index (χ1v) is 6.13. The molecule has 2 aromatic carbocycles. The van der Waals surface area contributed by atoms with Crippen molar-refractivity contribution in [1.82, 2.24) is 0 Å². The molecule has 0 spiro atoms. The second kappa shape index (κ2) is 6.99. The van der Waals surface area contributed by atoms with E-state index in [1.165, 1.54) is 0 Å². The summed E-state index contributed by atoms with van der Waals surface area (Å²) in [5.41, 5.74) is 2.43. The lowest BCUT2D eigenvalue weighted by molar-refractivity contribution is -0.138. The molecule has 0 unspecified atom stereocenters. The number of esters is 1. The summed E-state index contributed by atoms with van der Waals surface area (Å²) < 4.78 is 4.94. The Bertz CT molecular complexity index is 604. The van der Waals surface area contributed by atoms with E-state index in [0.29, 0.717) is 0 Å². The largest absolute Gasteiger partial charge is 0.458 e. The van der Waals surface area contributed by atoms with Crippen molar-refractivity contribution in [3.63, 3.8) is 0 Å². The normalized spacial score (nSPS) is 10.4. The summed E-state index contributed by atoms with van der Waals surface area (Å²) in [5.74, 6) is -0.433. The van der Waals surface area contributed by atoms with E-state index in [9.17, 15) is 4.79 Å². The molecule has 4 heteroatoms. The maximum atomic E-state index is 10.9. The Morgan fingerprint density at radius 3 is 2.20 bits per heavy atom. The first kappa shape index (κ1) is 13.7. The quantitative estimate of drug-likeness (QED) is 0.459. The monoisotopic (exact) mass is 266 g/mol. The van der Waals surface area contributed by atoms with Gasteiger partial charge in [-0.05, 0) is 29.8 Å². The van der Waals surface area contributed by atoms with E-state index in [1.807, 2.05) is 54.6 Å². The minimum absolute atomic E-state index is 0.223. The number of nitrogens with zero attached hydrogens (tertiary/aromatic N) is 2. The minimum atomic E-state index is -0.433. The van der Waals surface area contributed by atoms with Crippen LogP contribution in [0.2, 0.25) is 0 Å². The fourth-order valence-corrected chi connectivity index (χ4v) is 1.48. The van der Waals surface area contributed by atoms with Crippen molar-refractivity contribution >= 4 is 17.3 Å². The smallest absolute Gasteiger partial charge is 0.330 e. The van der Waals surface area contributed by atoms with Crippen LogP contribution in [0.4, 0.5) is 11.4 Å². The summed E-state index contributed by atoms with van der Waals surface area (Å²) >= 11 is 0. The zero-order chi connectivity index (χ0) is 14.2. The van der Waals surface area contributed by atoms with Gasteiger partial charge in [0.05, 0.1) is 11.4 Å². The molecule has 0 fully saturated rings. The third kappa shape index (κ3) is 4.17. The van der Waals surface area contributed by atoms with Crippen LogP contribution in [0, 0.1) is 0 Å². The van der Waals surface area contributed by atoms with Crippen molar-refractivity contribution in [2.24, 2.45) is 10.2 Å². The van der Waals surface area contributed by atoms with Crippen LogP contribution in [0.15, 0.2) is 77.5 Å². The molecular formula is C16H14N2O2. The molecule has 100 valence electrons. The van der Waals surface area contributed by atoms with Crippen molar-refractivity contribution in [2.45, 2.75) is 6.61 Å². The van der Waals surface area contributed by atoms with Crippen LogP contribution >= 0.6 is 0 Å². The zero-order valence-electron chi connectivity index (χ0n) is 10.9. The molecule has 0 aliphatic heterocycles. The standard InChI is InChI=1S/C16H14N2O2/c1-2-16(19)20-12-13-8-10-15(11-9-13)18-17-14-6-4-3-5-7-14/h2-11H,1,12H2/b18-17+. The van der Waals surface area contributed by atoms with Gasteiger partial charge in [-0.25, -0.2) is 4.79 Å². The van der Waals surface area contributed by atoms with Gasteiger partial charge in [-0.2, -0.15) is 10.2 Å². The van der Waals surface area contributed by atoms with Crippen molar-refractivity contribution < 1.29 is 9.53 Å². The highest BCUT2D eigenvalue weighted by Crippen LogP contribution is 2.18. The van der Waals surface area contributed by atoms with E-state index in [1.54, 1.807) is 0 Å². The van der Waals surface area contributed by atoms with Crippen LogP contribution in [-0.2, 0) is 16.1 Å². The van der Waals surface area contributed by atoms with Gasteiger partial charge in [0.2, 0.25) is 0 Å². The fraction of sp³-hybridized carbons (Fsp3) is 0.0625. The van der Waals surface area contributed by atoms with Crippen LogP contribution in [0.5, 0.6) is 0 Å². The summed E-state index contributed by atoms with van der Waals surface area (Å²) in [5, 5.41) is 8.25. The van der Waals surface area contributed by atoms with Crippen molar-refractivity contribution in [3.05, 3.63) is 72.8 Å². The number of carbonyl (C=O) groups is 1.